The van der Waals surface area contributed by atoms with E-state index in [9.17, 15) is 21.6 Å². The monoisotopic (exact) mass is 362 g/mol. The molecule has 1 aliphatic heterocycles. The Morgan fingerprint density at radius 1 is 1.00 bits per heavy atom. The molecule has 0 aromatic heterocycles. The number of hydrogen-bond donors (Lipinski definition) is 0. The minimum Gasteiger partial charge on any atom is -0.298 e. The molecule has 0 unspecified atom stereocenters. The van der Waals surface area contributed by atoms with E-state index in [1.165, 1.54) is 12.1 Å². The molecule has 1 heterocycles. The molecule has 1 aliphatic carbocycles. The van der Waals surface area contributed by atoms with Gasteiger partial charge in [0.2, 0.25) is 10.0 Å². The largest absolute Gasteiger partial charge is 0.416 e. The first-order chi connectivity index (χ1) is 11.3. The van der Waals surface area contributed by atoms with Crippen molar-refractivity contribution in [3.8, 4) is 0 Å². The van der Waals surface area contributed by atoms with E-state index in [-0.39, 0.29) is 5.25 Å². The highest BCUT2D eigenvalue weighted by Crippen LogP contribution is 2.32. The van der Waals surface area contributed by atoms with Crippen LogP contribution >= 0.6 is 0 Å². The summed E-state index contributed by atoms with van der Waals surface area (Å²) in [6, 6.07) is 5.17. The number of alkyl halides is 3. The predicted octanol–water partition coefficient (Wildman–Crippen LogP) is 2.71. The van der Waals surface area contributed by atoms with Crippen molar-refractivity contribution in [2.75, 3.05) is 26.2 Å². The summed E-state index contributed by atoms with van der Waals surface area (Å²) in [7, 11) is -3.15. The van der Waals surface area contributed by atoms with Gasteiger partial charge in [0, 0.05) is 26.2 Å². The average molecular weight is 362 g/mol. The summed E-state index contributed by atoms with van der Waals surface area (Å²) in [6.07, 6.45) is -2.06. The number of nitrogens with zero attached hydrogens (tertiary/aromatic N) is 2. The van der Waals surface area contributed by atoms with Gasteiger partial charge in [-0.1, -0.05) is 12.1 Å². The summed E-state index contributed by atoms with van der Waals surface area (Å²) in [5, 5.41) is -0.195. The van der Waals surface area contributed by atoms with Crippen LogP contribution in [-0.4, -0.2) is 49.1 Å². The maximum Gasteiger partial charge on any atom is 0.416 e. The van der Waals surface area contributed by atoms with Crippen LogP contribution in [0.3, 0.4) is 0 Å². The Balaban J connectivity index is 1.58. The highest BCUT2D eigenvalue weighted by molar-refractivity contribution is 7.90. The van der Waals surface area contributed by atoms with Crippen LogP contribution in [0.25, 0.3) is 0 Å². The topological polar surface area (TPSA) is 40.6 Å². The Labute approximate surface area is 140 Å². The van der Waals surface area contributed by atoms with Crippen LogP contribution in [0, 0.1) is 0 Å². The van der Waals surface area contributed by atoms with Crippen molar-refractivity contribution in [2.24, 2.45) is 0 Å². The fraction of sp³-hybridized carbons (Fsp3) is 0.625. The molecule has 24 heavy (non-hydrogen) atoms. The second kappa shape index (κ2) is 6.65. The van der Waals surface area contributed by atoms with Crippen molar-refractivity contribution in [2.45, 2.75) is 37.2 Å². The summed E-state index contributed by atoms with van der Waals surface area (Å²) < 4.78 is 63.9. The van der Waals surface area contributed by atoms with Crippen molar-refractivity contribution in [3.05, 3.63) is 35.4 Å². The number of halogens is 3. The first kappa shape index (κ1) is 17.7. The van der Waals surface area contributed by atoms with Crippen LogP contribution in [0.1, 0.15) is 30.4 Å². The van der Waals surface area contributed by atoms with Gasteiger partial charge in [-0.25, -0.2) is 12.7 Å². The fourth-order valence-corrected chi connectivity index (χ4v) is 4.87. The van der Waals surface area contributed by atoms with E-state index in [4.69, 9.17) is 0 Å². The molecule has 0 amide bonds. The van der Waals surface area contributed by atoms with Gasteiger partial charge in [-0.05, 0) is 43.5 Å². The third-order valence-corrected chi connectivity index (χ3v) is 6.94. The molecular formula is C16H21F3N2O2S. The third kappa shape index (κ3) is 4.10. The molecule has 0 atom stereocenters. The molecule has 0 bridgehead atoms. The molecule has 2 fully saturated rings. The summed E-state index contributed by atoms with van der Waals surface area (Å²) >= 11 is 0. The van der Waals surface area contributed by atoms with Gasteiger partial charge in [0.25, 0.3) is 0 Å². The Kier molecular flexibility index (Phi) is 4.90. The molecule has 1 aromatic carbocycles. The molecular weight excluding hydrogens is 341 g/mol. The molecule has 0 radical (unpaired) electrons. The van der Waals surface area contributed by atoms with Crippen LogP contribution in [0.5, 0.6) is 0 Å². The minimum absolute atomic E-state index is 0.195. The van der Waals surface area contributed by atoms with E-state index < -0.39 is 21.8 Å². The minimum atomic E-state index is -4.32. The summed E-state index contributed by atoms with van der Waals surface area (Å²) in [5.41, 5.74) is 0.158. The lowest BCUT2D eigenvalue weighted by Gasteiger charge is -2.22. The second-order valence-corrected chi connectivity index (χ2v) is 8.68. The zero-order valence-corrected chi connectivity index (χ0v) is 14.1. The van der Waals surface area contributed by atoms with Gasteiger partial charge in [-0.15, -0.1) is 0 Å². The Hall–Kier alpha value is -1.12. The molecule has 134 valence electrons. The Morgan fingerprint density at radius 2 is 1.67 bits per heavy atom. The molecule has 1 saturated heterocycles. The first-order valence-corrected chi connectivity index (χ1v) is 9.64. The van der Waals surface area contributed by atoms with Crippen molar-refractivity contribution in [3.63, 3.8) is 0 Å². The van der Waals surface area contributed by atoms with Gasteiger partial charge in [0.1, 0.15) is 0 Å². The maximum atomic E-state index is 12.6. The molecule has 0 spiro atoms. The maximum absolute atomic E-state index is 12.6. The number of benzene rings is 1. The summed E-state index contributed by atoms with van der Waals surface area (Å²) in [5.74, 6) is 0. The lowest BCUT2D eigenvalue weighted by molar-refractivity contribution is -0.137. The molecule has 2 aliphatic rings. The number of rotatable bonds is 4. The van der Waals surface area contributed by atoms with Gasteiger partial charge in [0.05, 0.1) is 10.8 Å². The highest BCUT2D eigenvalue weighted by atomic mass is 32.2. The zero-order chi connectivity index (χ0) is 17.4. The van der Waals surface area contributed by atoms with Gasteiger partial charge in [0.15, 0.2) is 0 Å². The van der Waals surface area contributed by atoms with Crippen LogP contribution < -0.4 is 0 Å². The SMILES string of the molecule is O=S(=O)(C1CC1)N1CCCN(Cc2ccc(C(F)(F)F)cc2)CC1. The van der Waals surface area contributed by atoms with E-state index in [1.807, 2.05) is 0 Å². The summed E-state index contributed by atoms with van der Waals surface area (Å²) in [6.45, 7) is 2.88. The average Bonchev–Trinajstić information content (AvgIpc) is 3.34. The van der Waals surface area contributed by atoms with Gasteiger partial charge >= 0.3 is 6.18 Å². The lowest BCUT2D eigenvalue weighted by Crippen LogP contribution is -2.37. The van der Waals surface area contributed by atoms with Crippen LogP contribution in [0.2, 0.25) is 0 Å². The van der Waals surface area contributed by atoms with Gasteiger partial charge in [-0.3, -0.25) is 4.90 Å². The molecule has 3 rings (SSSR count). The van der Waals surface area contributed by atoms with E-state index in [2.05, 4.69) is 4.90 Å². The standard InChI is InChI=1S/C16H21F3N2O2S/c17-16(18,19)14-4-2-13(3-5-14)12-20-8-1-9-21(11-10-20)24(22,23)15-6-7-15/h2-5,15H,1,6-12H2. The van der Waals surface area contributed by atoms with E-state index in [0.29, 0.717) is 26.2 Å². The van der Waals surface area contributed by atoms with Crippen LogP contribution in [0.15, 0.2) is 24.3 Å². The highest BCUT2D eigenvalue weighted by Gasteiger charge is 2.40. The van der Waals surface area contributed by atoms with Crippen LogP contribution in [-0.2, 0) is 22.7 Å². The normalized spacial score (nSPS) is 21.6. The Bertz CT molecular complexity index is 670. The molecule has 4 nitrogen and oxygen atoms in total. The molecule has 1 saturated carbocycles. The molecule has 1 aromatic rings. The van der Waals surface area contributed by atoms with Crippen molar-refractivity contribution in [1.29, 1.82) is 0 Å². The van der Waals surface area contributed by atoms with Crippen molar-refractivity contribution < 1.29 is 21.6 Å². The summed E-state index contributed by atoms with van der Waals surface area (Å²) in [4.78, 5) is 2.10. The molecule has 8 heteroatoms. The first-order valence-electron chi connectivity index (χ1n) is 8.14. The number of hydrogen-bond acceptors (Lipinski definition) is 3. The third-order valence-electron chi connectivity index (χ3n) is 4.54. The Morgan fingerprint density at radius 3 is 2.25 bits per heavy atom. The molecule has 0 N–H and O–H groups in total. The second-order valence-electron chi connectivity index (χ2n) is 6.47. The zero-order valence-electron chi connectivity index (χ0n) is 13.3. The fourth-order valence-electron chi connectivity index (χ4n) is 2.99. The number of sulfonamides is 1. The van der Waals surface area contributed by atoms with E-state index >= 15 is 0 Å². The van der Waals surface area contributed by atoms with Crippen molar-refractivity contribution in [1.82, 2.24) is 9.21 Å². The smallest absolute Gasteiger partial charge is 0.298 e. The predicted molar refractivity (Wildman–Crippen MR) is 84.9 cm³/mol. The lowest BCUT2D eigenvalue weighted by atomic mass is 10.1. The van der Waals surface area contributed by atoms with Gasteiger partial charge < -0.3 is 0 Å². The van der Waals surface area contributed by atoms with Gasteiger partial charge in [-0.2, -0.15) is 13.2 Å². The van der Waals surface area contributed by atoms with E-state index in [1.54, 1.807) is 4.31 Å². The van der Waals surface area contributed by atoms with E-state index in [0.717, 1.165) is 43.5 Å². The van der Waals surface area contributed by atoms with Crippen molar-refractivity contribution >= 4 is 10.0 Å². The quantitative estimate of drug-likeness (QED) is 0.827. The van der Waals surface area contributed by atoms with Crippen LogP contribution in [0.4, 0.5) is 13.2 Å².